The summed E-state index contributed by atoms with van der Waals surface area (Å²) in [5.41, 5.74) is 7.16. The van der Waals surface area contributed by atoms with E-state index in [9.17, 15) is 0 Å². The summed E-state index contributed by atoms with van der Waals surface area (Å²) in [6, 6.07) is 28.2. The molecular weight excluding hydrogens is 404 g/mol. The zero-order valence-electron chi connectivity index (χ0n) is 20.1. The molecule has 0 aromatic heterocycles. The molecule has 0 N–H and O–H groups in total. The van der Waals surface area contributed by atoms with Gasteiger partial charge in [0, 0.05) is 45.0 Å². The van der Waals surface area contributed by atoms with Gasteiger partial charge < -0.3 is 9.80 Å². The van der Waals surface area contributed by atoms with E-state index in [1.807, 2.05) is 6.07 Å². The Labute approximate surface area is 198 Å². The molecule has 33 heavy (non-hydrogen) atoms. The number of benzene rings is 3. The maximum atomic E-state index is 5.01. The first kappa shape index (κ1) is 22.7. The van der Waals surface area contributed by atoms with Crippen LogP contribution in [-0.2, 0) is 0 Å². The summed E-state index contributed by atoms with van der Waals surface area (Å²) in [7, 11) is 4.14. The molecule has 0 aliphatic carbocycles. The third-order valence-corrected chi connectivity index (χ3v) is 6.24. The van der Waals surface area contributed by atoms with Crippen molar-refractivity contribution in [1.82, 2.24) is 0 Å². The van der Waals surface area contributed by atoms with E-state index in [4.69, 9.17) is 5.10 Å². The molecular formula is C29H34N4. The molecule has 3 aromatic rings. The molecule has 0 bridgehead atoms. The zero-order valence-corrected chi connectivity index (χ0v) is 20.1. The van der Waals surface area contributed by atoms with E-state index in [-0.39, 0.29) is 6.04 Å². The molecule has 4 heteroatoms. The van der Waals surface area contributed by atoms with Crippen molar-refractivity contribution in [2.24, 2.45) is 5.10 Å². The van der Waals surface area contributed by atoms with Crippen molar-refractivity contribution >= 4 is 28.8 Å². The minimum Gasteiger partial charge on any atom is -0.378 e. The van der Waals surface area contributed by atoms with Gasteiger partial charge in [-0.1, -0.05) is 48.5 Å². The number of nitrogens with zero attached hydrogens (tertiary/aromatic N) is 4. The minimum absolute atomic E-state index is 0.188. The van der Waals surface area contributed by atoms with Crippen molar-refractivity contribution in [2.75, 3.05) is 42.0 Å². The third kappa shape index (κ3) is 5.28. The molecule has 0 fully saturated rings. The quantitative estimate of drug-likeness (QED) is 0.395. The maximum Gasteiger partial charge on any atom is 0.0831 e. The summed E-state index contributed by atoms with van der Waals surface area (Å²) in [6.07, 6.45) is 5.21. The summed E-state index contributed by atoms with van der Waals surface area (Å²) in [6.45, 7) is 6.43. The second-order valence-electron chi connectivity index (χ2n) is 8.57. The summed E-state index contributed by atoms with van der Waals surface area (Å²) >= 11 is 0. The largest absolute Gasteiger partial charge is 0.378 e. The van der Waals surface area contributed by atoms with Crippen molar-refractivity contribution in [3.63, 3.8) is 0 Å². The fourth-order valence-electron chi connectivity index (χ4n) is 4.28. The lowest BCUT2D eigenvalue weighted by molar-refractivity contribution is 0.709. The Morgan fingerprint density at radius 3 is 2.06 bits per heavy atom. The van der Waals surface area contributed by atoms with Gasteiger partial charge in [0.1, 0.15) is 0 Å². The fraction of sp³-hybridized carbons (Fsp3) is 0.276. The van der Waals surface area contributed by atoms with Crippen LogP contribution in [0.5, 0.6) is 0 Å². The molecule has 0 saturated carbocycles. The van der Waals surface area contributed by atoms with Crippen molar-refractivity contribution in [2.45, 2.75) is 26.3 Å². The van der Waals surface area contributed by atoms with Crippen LogP contribution in [-0.4, -0.2) is 32.9 Å². The van der Waals surface area contributed by atoms with Gasteiger partial charge >= 0.3 is 0 Å². The molecule has 0 saturated heterocycles. The first-order valence-electron chi connectivity index (χ1n) is 11.8. The molecule has 4 nitrogen and oxygen atoms in total. The second kappa shape index (κ2) is 10.4. The standard InChI is InChI=1S/C29H34N4/c1-5-32(6-2)27-18-13-23(14-19-27)12-17-25-22-29(24-15-20-26(21-16-24)31(3)4)33(30-25)28-10-8-7-9-11-28/h7-21,29H,5-6,22H2,1-4H3. The monoisotopic (exact) mass is 438 g/mol. The number of para-hydroxylation sites is 1. The Kier molecular flexibility index (Phi) is 7.13. The molecule has 1 aliphatic rings. The van der Waals surface area contributed by atoms with Gasteiger partial charge in [-0.05, 0) is 67.4 Å². The molecule has 3 aromatic carbocycles. The topological polar surface area (TPSA) is 22.1 Å². The zero-order chi connectivity index (χ0) is 23.2. The minimum atomic E-state index is 0.188. The lowest BCUT2D eigenvalue weighted by Gasteiger charge is -2.24. The Bertz CT molecular complexity index is 1080. The van der Waals surface area contributed by atoms with E-state index in [2.05, 4.69) is 128 Å². The van der Waals surface area contributed by atoms with Crippen LogP contribution in [0.3, 0.4) is 0 Å². The van der Waals surface area contributed by atoms with E-state index in [1.165, 1.54) is 22.5 Å². The predicted octanol–water partition coefficient (Wildman–Crippen LogP) is 6.62. The van der Waals surface area contributed by atoms with Gasteiger partial charge in [0.05, 0.1) is 17.4 Å². The summed E-state index contributed by atoms with van der Waals surface area (Å²) in [5, 5.41) is 7.17. The number of allylic oxidation sites excluding steroid dienone is 1. The van der Waals surface area contributed by atoms with E-state index >= 15 is 0 Å². The van der Waals surface area contributed by atoms with Crippen LogP contribution in [0.2, 0.25) is 0 Å². The van der Waals surface area contributed by atoms with Gasteiger partial charge in [0.2, 0.25) is 0 Å². The van der Waals surface area contributed by atoms with Crippen molar-refractivity contribution in [3.8, 4) is 0 Å². The van der Waals surface area contributed by atoms with Crippen molar-refractivity contribution in [1.29, 1.82) is 0 Å². The molecule has 4 rings (SSSR count). The van der Waals surface area contributed by atoms with E-state index in [0.29, 0.717) is 0 Å². The molecule has 1 aliphatic heterocycles. The average Bonchev–Trinajstić information content (AvgIpc) is 3.29. The van der Waals surface area contributed by atoms with Crippen LogP contribution in [0.15, 0.2) is 90.0 Å². The smallest absolute Gasteiger partial charge is 0.0831 e. The highest BCUT2D eigenvalue weighted by molar-refractivity contribution is 6.01. The lowest BCUT2D eigenvalue weighted by Crippen LogP contribution is -2.21. The Morgan fingerprint density at radius 2 is 1.45 bits per heavy atom. The number of rotatable bonds is 8. The molecule has 1 atom stereocenters. The van der Waals surface area contributed by atoms with Gasteiger partial charge in [-0.2, -0.15) is 5.10 Å². The van der Waals surface area contributed by atoms with Gasteiger partial charge in [-0.15, -0.1) is 0 Å². The van der Waals surface area contributed by atoms with Crippen molar-refractivity contribution in [3.05, 3.63) is 96.1 Å². The third-order valence-electron chi connectivity index (χ3n) is 6.24. The normalized spacial score (nSPS) is 15.7. The lowest BCUT2D eigenvalue weighted by atomic mass is 10.0. The number of hydrogen-bond donors (Lipinski definition) is 0. The summed E-state index contributed by atoms with van der Waals surface area (Å²) in [4.78, 5) is 4.49. The van der Waals surface area contributed by atoms with Crippen LogP contribution in [0.25, 0.3) is 6.08 Å². The summed E-state index contributed by atoms with van der Waals surface area (Å²) < 4.78 is 0. The fourth-order valence-corrected chi connectivity index (χ4v) is 4.28. The molecule has 1 heterocycles. The van der Waals surface area contributed by atoms with Crippen LogP contribution >= 0.6 is 0 Å². The maximum absolute atomic E-state index is 5.01. The van der Waals surface area contributed by atoms with Crippen LogP contribution < -0.4 is 14.8 Å². The highest BCUT2D eigenvalue weighted by atomic mass is 15.5. The van der Waals surface area contributed by atoms with E-state index in [1.54, 1.807) is 0 Å². The van der Waals surface area contributed by atoms with E-state index < -0.39 is 0 Å². The van der Waals surface area contributed by atoms with Gasteiger partial charge in [-0.3, -0.25) is 5.01 Å². The number of anilines is 3. The van der Waals surface area contributed by atoms with Crippen LogP contribution in [0.4, 0.5) is 17.1 Å². The second-order valence-corrected chi connectivity index (χ2v) is 8.57. The van der Waals surface area contributed by atoms with Crippen LogP contribution in [0.1, 0.15) is 37.4 Å². The number of hydrogen-bond acceptors (Lipinski definition) is 4. The SMILES string of the molecule is CCN(CC)c1ccc(C=CC2=NN(c3ccccc3)C(c3ccc(N(C)C)cc3)C2)cc1. The first-order valence-corrected chi connectivity index (χ1v) is 11.8. The molecule has 0 radical (unpaired) electrons. The Balaban J connectivity index is 1.56. The van der Waals surface area contributed by atoms with Crippen LogP contribution in [0, 0.1) is 0 Å². The van der Waals surface area contributed by atoms with Gasteiger partial charge in [0.25, 0.3) is 0 Å². The Morgan fingerprint density at radius 1 is 0.818 bits per heavy atom. The molecule has 1 unspecified atom stereocenters. The van der Waals surface area contributed by atoms with Gasteiger partial charge in [-0.25, -0.2) is 0 Å². The average molecular weight is 439 g/mol. The molecule has 0 spiro atoms. The molecule has 0 amide bonds. The first-order chi connectivity index (χ1) is 16.1. The van der Waals surface area contributed by atoms with Gasteiger partial charge in [0.15, 0.2) is 0 Å². The Hall–Kier alpha value is -3.53. The molecule has 170 valence electrons. The highest BCUT2D eigenvalue weighted by Gasteiger charge is 2.28. The predicted molar refractivity (Wildman–Crippen MR) is 144 cm³/mol. The number of hydrazone groups is 1. The van der Waals surface area contributed by atoms with E-state index in [0.717, 1.165) is 30.9 Å². The highest BCUT2D eigenvalue weighted by Crippen LogP contribution is 2.36. The van der Waals surface area contributed by atoms with Crippen molar-refractivity contribution < 1.29 is 0 Å². The summed E-state index contributed by atoms with van der Waals surface area (Å²) in [5.74, 6) is 0.